The van der Waals surface area contributed by atoms with Crippen molar-refractivity contribution in [1.82, 2.24) is 10.6 Å². The van der Waals surface area contributed by atoms with Crippen LogP contribution in [-0.2, 0) is 4.79 Å². The molecule has 1 aliphatic carbocycles. The molecule has 0 atom stereocenters. The Kier molecular flexibility index (Phi) is 3.40. The average Bonchev–Trinajstić information content (AvgIpc) is 2.82. The predicted molar refractivity (Wildman–Crippen MR) is 52.4 cm³/mol. The minimum absolute atomic E-state index is 0.0952. The smallest absolute Gasteiger partial charge is 0.233 e. The molecule has 0 aliphatic heterocycles. The molecule has 4 heteroatoms. The fraction of sp³-hybridized carbons (Fsp3) is 0.875. The van der Waals surface area contributed by atoms with Gasteiger partial charge < -0.3 is 10.6 Å². The van der Waals surface area contributed by atoms with Gasteiger partial charge in [-0.05, 0) is 26.1 Å². The monoisotopic (exact) mass is 188 g/mol. The van der Waals surface area contributed by atoms with Gasteiger partial charge in [-0.3, -0.25) is 4.79 Å². The zero-order valence-corrected chi connectivity index (χ0v) is 8.46. The SMILES string of the molecule is CNCC(=O)NCC1(SC)CC1. The minimum atomic E-state index is 0.0952. The fourth-order valence-electron chi connectivity index (χ4n) is 1.08. The molecule has 1 aliphatic rings. The third kappa shape index (κ3) is 2.68. The molecule has 1 fully saturated rings. The second kappa shape index (κ2) is 4.14. The molecule has 1 saturated carbocycles. The molecule has 0 unspecified atom stereocenters. The van der Waals surface area contributed by atoms with Gasteiger partial charge in [-0.2, -0.15) is 11.8 Å². The Hall–Kier alpha value is -0.220. The molecule has 0 bridgehead atoms. The number of hydrogen-bond donors (Lipinski definition) is 2. The first-order chi connectivity index (χ1) is 5.72. The number of carbonyl (C=O) groups excluding carboxylic acids is 1. The van der Waals surface area contributed by atoms with Crippen LogP contribution in [0.2, 0.25) is 0 Å². The second-order valence-corrected chi connectivity index (χ2v) is 4.47. The molecule has 0 spiro atoms. The molecule has 0 aromatic heterocycles. The Morgan fingerprint density at radius 2 is 2.25 bits per heavy atom. The number of rotatable bonds is 5. The normalized spacial score (nSPS) is 18.8. The van der Waals surface area contributed by atoms with Gasteiger partial charge in [-0.25, -0.2) is 0 Å². The van der Waals surface area contributed by atoms with E-state index in [0.717, 1.165) is 6.54 Å². The van der Waals surface area contributed by atoms with Crippen molar-refractivity contribution < 1.29 is 4.79 Å². The zero-order chi connectivity index (χ0) is 9.03. The first kappa shape index (κ1) is 9.86. The van der Waals surface area contributed by atoms with Crippen molar-refractivity contribution in [3.63, 3.8) is 0 Å². The maximum absolute atomic E-state index is 11.1. The molecule has 0 radical (unpaired) electrons. The van der Waals surface area contributed by atoms with Crippen molar-refractivity contribution in [2.24, 2.45) is 0 Å². The molecule has 0 heterocycles. The number of amides is 1. The standard InChI is InChI=1S/C8H16N2OS/c1-9-5-7(11)10-6-8(12-2)3-4-8/h9H,3-6H2,1-2H3,(H,10,11). The first-order valence-electron chi connectivity index (χ1n) is 4.19. The first-order valence-corrected chi connectivity index (χ1v) is 5.41. The molecule has 3 nitrogen and oxygen atoms in total. The average molecular weight is 188 g/mol. The van der Waals surface area contributed by atoms with Crippen LogP contribution in [0.5, 0.6) is 0 Å². The number of carbonyl (C=O) groups is 1. The second-order valence-electron chi connectivity index (χ2n) is 3.19. The lowest BCUT2D eigenvalue weighted by atomic mass is 10.4. The van der Waals surface area contributed by atoms with Crippen molar-refractivity contribution in [2.45, 2.75) is 17.6 Å². The lowest BCUT2D eigenvalue weighted by molar-refractivity contribution is -0.120. The highest BCUT2D eigenvalue weighted by molar-refractivity contribution is 8.00. The quantitative estimate of drug-likeness (QED) is 0.648. The lowest BCUT2D eigenvalue weighted by Crippen LogP contribution is -2.36. The Morgan fingerprint density at radius 3 is 2.67 bits per heavy atom. The van der Waals surface area contributed by atoms with Crippen molar-refractivity contribution in [2.75, 3.05) is 26.4 Å². The van der Waals surface area contributed by atoms with E-state index in [4.69, 9.17) is 0 Å². The van der Waals surface area contributed by atoms with Crippen LogP contribution in [-0.4, -0.2) is 37.0 Å². The van der Waals surface area contributed by atoms with E-state index in [0.29, 0.717) is 11.3 Å². The summed E-state index contributed by atoms with van der Waals surface area (Å²) in [5.74, 6) is 0.0952. The molecule has 70 valence electrons. The molecular weight excluding hydrogens is 172 g/mol. The molecule has 0 aromatic carbocycles. The minimum Gasteiger partial charge on any atom is -0.354 e. The Bertz CT molecular complexity index is 168. The van der Waals surface area contributed by atoms with E-state index >= 15 is 0 Å². The third-order valence-corrected chi connectivity index (χ3v) is 3.60. The highest BCUT2D eigenvalue weighted by Crippen LogP contribution is 2.46. The lowest BCUT2D eigenvalue weighted by Gasteiger charge is -2.12. The number of likely N-dealkylation sites (N-methyl/N-ethyl adjacent to an activating group) is 1. The van der Waals surface area contributed by atoms with Gasteiger partial charge in [-0.1, -0.05) is 0 Å². The van der Waals surface area contributed by atoms with E-state index in [1.54, 1.807) is 7.05 Å². The maximum Gasteiger partial charge on any atom is 0.233 e. The topological polar surface area (TPSA) is 41.1 Å². The summed E-state index contributed by atoms with van der Waals surface area (Å²) >= 11 is 1.86. The Labute approximate surface area is 77.7 Å². The fourth-order valence-corrected chi connectivity index (χ4v) is 1.80. The van der Waals surface area contributed by atoms with Gasteiger partial charge in [0.25, 0.3) is 0 Å². The molecule has 0 saturated heterocycles. The third-order valence-electron chi connectivity index (χ3n) is 2.19. The Balaban J connectivity index is 2.12. The van der Waals surface area contributed by atoms with E-state index < -0.39 is 0 Å². The maximum atomic E-state index is 11.1. The molecule has 1 amide bonds. The van der Waals surface area contributed by atoms with E-state index in [1.165, 1.54) is 12.8 Å². The Morgan fingerprint density at radius 1 is 1.58 bits per heavy atom. The van der Waals surface area contributed by atoms with Crippen molar-refractivity contribution in [1.29, 1.82) is 0 Å². The van der Waals surface area contributed by atoms with Crippen LogP contribution in [0, 0.1) is 0 Å². The van der Waals surface area contributed by atoms with Gasteiger partial charge >= 0.3 is 0 Å². The van der Waals surface area contributed by atoms with Crippen LogP contribution >= 0.6 is 11.8 Å². The molecule has 2 N–H and O–H groups in total. The molecule has 12 heavy (non-hydrogen) atoms. The van der Waals surface area contributed by atoms with Crippen LogP contribution in [0.1, 0.15) is 12.8 Å². The van der Waals surface area contributed by atoms with Crippen LogP contribution in [0.15, 0.2) is 0 Å². The van der Waals surface area contributed by atoms with Crippen molar-refractivity contribution >= 4 is 17.7 Å². The number of nitrogens with one attached hydrogen (secondary N) is 2. The van der Waals surface area contributed by atoms with Crippen molar-refractivity contribution in [3.05, 3.63) is 0 Å². The molecular formula is C8H16N2OS. The van der Waals surface area contributed by atoms with E-state index in [-0.39, 0.29) is 5.91 Å². The van der Waals surface area contributed by atoms with Gasteiger partial charge in [0.1, 0.15) is 0 Å². The summed E-state index contributed by atoms with van der Waals surface area (Å²) in [4.78, 5) is 11.1. The summed E-state index contributed by atoms with van der Waals surface area (Å²) in [6.07, 6.45) is 4.60. The van der Waals surface area contributed by atoms with Gasteiger partial charge in [0.15, 0.2) is 0 Å². The summed E-state index contributed by atoms with van der Waals surface area (Å²) in [5, 5.41) is 5.74. The number of thioether (sulfide) groups is 1. The van der Waals surface area contributed by atoms with Gasteiger partial charge in [0, 0.05) is 11.3 Å². The summed E-state index contributed by atoms with van der Waals surface area (Å²) in [7, 11) is 1.78. The highest BCUT2D eigenvalue weighted by Gasteiger charge is 2.41. The summed E-state index contributed by atoms with van der Waals surface area (Å²) < 4.78 is 0.378. The van der Waals surface area contributed by atoms with Crippen LogP contribution in [0.25, 0.3) is 0 Å². The largest absolute Gasteiger partial charge is 0.354 e. The summed E-state index contributed by atoms with van der Waals surface area (Å²) in [5.41, 5.74) is 0. The van der Waals surface area contributed by atoms with Gasteiger partial charge in [0.2, 0.25) is 5.91 Å². The molecule has 1 rings (SSSR count). The van der Waals surface area contributed by atoms with Crippen LogP contribution in [0.4, 0.5) is 0 Å². The van der Waals surface area contributed by atoms with Crippen LogP contribution < -0.4 is 10.6 Å². The number of hydrogen-bond acceptors (Lipinski definition) is 3. The zero-order valence-electron chi connectivity index (χ0n) is 7.64. The van der Waals surface area contributed by atoms with Gasteiger partial charge in [-0.15, -0.1) is 0 Å². The highest BCUT2D eigenvalue weighted by atomic mass is 32.2. The summed E-state index contributed by atoms with van der Waals surface area (Å²) in [6, 6.07) is 0. The summed E-state index contributed by atoms with van der Waals surface area (Å²) in [6.45, 7) is 1.25. The molecule has 0 aromatic rings. The van der Waals surface area contributed by atoms with E-state index in [2.05, 4.69) is 16.9 Å². The van der Waals surface area contributed by atoms with Crippen LogP contribution in [0.3, 0.4) is 0 Å². The van der Waals surface area contributed by atoms with E-state index in [9.17, 15) is 4.79 Å². The predicted octanol–water partition coefficient (Wildman–Crippen LogP) is 0.218. The van der Waals surface area contributed by atoms with Gasteiger partial charge in [0.05, 0.1) is 6.54 Å². The van der Waals surface area contributed by atoms with E-state index in [1.807, 2.05) is 11.8 Å². The van der Waals surface area contributed by atoms with Crippen molar-refractivity contribution in [3.8, 4) is 0 Å².